The molecule has 23 heavy (non-hydrogen) atoms. The maximum atomic E-state index is 12.9. The van der Waals surface area contributed by atoms with Crippen LogP contribution in [0.25, 0.3) is 0 Å². The van der Waals surface area contributed by atoms with Gasteiger partial charge in [0.05, 0.1) is 10.6 Å². The number of piperidine rings is 1. The number of rotatable bonds is 3. The van der Waals surface area contributed by atoms with Crippen molar-refractivity contribution in [2.75, 3.05) is 18.4 Å². The Hall–Kier alpha value is -2.14. The van der Waals surface area contributed by atoms with Crippen LogP contribution in [0.5, 0.6) is 0 Å². The van der Waals surface area contributed by atoms with Crippen LogP contribution in [0, 0.1) is 5.82 Å². The molecule has 1 fully saturated rings. The summed E-state index contributed by atoms with van der Waals surface area (Å²) >= 11 is 6.22. The molecule has 6 heteroatoms. The van der Waals surface area contributed by atoms with Crippen LogP contribution < -0.4 is 5.32 Å². The molecule has 1 aromatic carbocycles. The standard InChI is InChI=1S/C17H17ClFN3O/c18-15-10-12(17(23)22-8-2-1-3-9-22)11-20-16(15)21-14-6-4-13(19)5-7-14/h4-7,10-11H,1-3,8-9H2,(H,20,21). The maximum Gasteiger partial charge on any atom is 0.255 e. The summed E-state index contributed by atoms with van der Waals surface area (Å²) in [7, 11) is 0. The van der Waals surface area contributed by atoms with Crippen LogP contribution in [0.1, 0.15) is 29.6 Å². The van der Waals surface area contributed by atoms with Crippen LogP contribution in [0.3, 0.4) is 0 Å². The number of halogens is 2. The second-order valence-corrected chi connectivity index (χ2v) is 5.95. The van der Waals surface area contributed by atoms with Gasteiger partial charge in [0.1, 0.15) is 11.6 Å². The molecule has 0 atom stereocenters. The summed E-state index contributed by atoms with van der Waals surface area (Å²) in [5.74, 6) is 0.0954. The zero-order chi connectivity index (χ0) is 16.2. The molecule has 1 N–H and O–H groups in total. The number of amides is 1. The lowest BCUT2D eigenvalue weighted by Crippen LogP contribution is -2.35. The number of nitrogens with zero attached hydrogens (tertiary/aromatic N) is 2. The fraction of sp³-hybridized carbons (Fsp3) is 0.294. The summed E-state index contributed by atoms with van der Waals surface area (Å²) in [4.78, 5) is 18.5. The van der Waals surface area contributed by atoms with E-state index in [9.17, 15) is 9.18 Å². The first-order valence-corrected chi connectivity index (χ1v) is 7.99. The Morgan fingerprint density at radius 2 is 1.87 bits per heavy atom. The molecule has 120 valence electrons. The Bertz CT molecular complexity index is 699. The van der Waals surface area contributed by atoms with Gasteiger partial charge in [0, 0.05) is 25.0 Å². The molecule has 0 unspecified atom stereocenters. The molecule has 2 heterocycles. The minimum atomic E-state index is -0.308. The van der Waals surface area contributed by atoms with Gasteiger partial charge in [-0.25, -0.2) is 9.37 Å². The number of benzene rings is 1. The zero-order valence-corrected chi connectivity index (χ0v) is 13.3. The smallest absolute Gasteiger partial charge is 0.255 e. The van der Waals surface area contributed by atoms with Crippen molar-refractivity contribution in [2.45, 2.75) is 19.3 Å². The van der Waals surface area contributed by atoms with Gasteiger partial charge in [-0.2, -0.15) is 0 Å². The summed E-state index contributed by atoms with van der Waals surface area (Å²) in [5.41, 5.74) is 1.16. The van der Waals surface area contributed by atoms with E-state index in [4.69, 9.17) is 11.6 Å². The van der Waals surface area contributed by atoms with Crippen molar-refractivity contribution >= 4 is 29.0 Å². The molecular weight excluding hydrogens is 317 g/mol. The number of anilines is 2. The van der Waals surface area contributed by atoms with Crippen molar-refractivity contribution < 1.29 is 9.18 Å². The minimum absolute atomic E-state index is 0.0348. The number of hydrogen-bond acceptors (Lipinski definition) is 3. The van der Waals surface area contributed by atoms with Gasteiger partial charge in [0.2, 0.25) is 0 Å². The van der Waals surface area contributed by atoms with Crippen molar-refractivity contribution in [1.29, 1.82) is 0 Å². The summed E-state index contributed by atoms with van der Waals surface area (Å²) in [6.45, 7) is 1.57. The third-order valence-corrected chi connectivity index (χ3v) is 4.13. The predicted molar refractivity (Wildman–Crippen MR) is 88.7 cm³/mol. The van der Waals surface area contributed by atoms with Gasteiger partial charge >= 0.3 is 0 Å². The first kappa shape index (κ1) is 15.7. The van der Waals surface area contributed by atoms with E-state index >= 15 is 0 Å². The summed E-state index contributed by atoms with van der Waals surface area (Å²) < 4.78 is 12.9. The Kier molecular flexibility index (Phi) is 4.76. The molecule has 0 saturated carbocycles. The third kappa shape index (κ3) is 3.79. The first-order chi connectivity index (χ1) is 11.1. The number of carbonyl (C=O) groups excluding carboxylic acids is 1. The van der Waals surface area contributed by atoms with Gasteiger partial charge in [0.25, 0.3) is 5.91 Å². The predicted octanol–water partition coefficient (Wildman–Crippen LogP) is 4.24. The number of hydrogen-bond donors (Lipinski definition) is 1. The zero-order valence-electron chi connectivity index (χ0n) is 12.6. The number of carbonyl (C=O) groups is 1. The number of aromatic nitrogens is 1. The molecular formula is C17H17ClFN3O. The second kappa shape index (κ2) is 6.96. The van der Waals surface area contributed by atoms with E-state index < -0.39 is 0 Å². The van der Waals surface area contributed by atoms with Crippen LogP contribution >= 0.6 is 11.6 Å². The summed E-state index contributed by atoms with van der Waals surface area (Å²) in [6, 6.07) is 7.52. The van der Waals surface area contributed by atoms with E-state index in [1.165, 1.54) is 24.8 Å². The SMILES string of the molecule is O=C(c1cnc(Nc2ccc(F)cc2)c(Cl)c1)N1CCCCC1. The molecule has 1 saturated heterocycles. The topological polar surface area (TPSA) is 45.2 Å². The van der Waals surface area contributed by atoms with E-state index in [1.807, 2.05) is 4.90 Å². The Morgan fingerprint density at radius 3 is 2.52 bits per heavy atom. The van der Waals surface area contributed by atoms with E-state index in [2.05, 4.69) is 10.3 Å². The fourth-order valence-corrected chi connectivity index (χ4v) is 2.81. The number of likely N-dealkylation sites (tertiary alicyclic amines) is 1. The van der Waals surface area contributed by atoms with E-state index in [0.29, 0.717) is 22.1 Å². The van der Waals surface area contributed by atoms with Crippen LogP contribution in [0.4, 0.5) is 15.9 Å². The van der Waals surface area contributed by atoms with Crippen LogP contribution in [-0.4, -0.2) is 28.9 Å². The molecule has 1 aliphatic heterocycles. The molecule has 1 aliphatic rings. The monoisotopic (exact) mass is 333 g/mol. The molecule has 2 aromatic rings. The molecule has 0 spiro atoms. The normalized spacial score (nSPS) is 14.6. The Balaban J connectivity index is 1.74. The largest absolute Gasteiger partial charge is 0.339 e. The van der Waals surface area contributed by atoms with E-state index in [-0.39, 0.29) is 11.7 Å². The lowest BCUT2D eigenvalue weighted by atomic mass is 10.1. The highest BCUT2D eigenvalue weighted by atomic mass is 35.5. The van der Waals surface area contributed by atoms with Crippen LogP contribution in [0.15, 0.2) is 36.5 Å². The molecule has 0 aliphatic carbocycles. The van der Waals surface area contributed by atoms with Crippen molar-refractivity contribution in [3.8, 4) is 0 Å². The molecule has 1 aromatic heterocycles. The van der Waals surface area contributed by atoms with Crippen molar-refractivity contribution in [2.24, 2.45) is 0 Å². The molecule has 3 rings (SSSR count). The third-order valence-electron chi connectivity index (χ3n) is 3.84. The highest BCUT2D eigenvalue weighted by molar-refractivity contribution is 6.33. The van der Waals surface area contributed by atoms with E-state index in [1.54, 1.807) is 18.2 Å². The number of nitrogens with one attached hydrogen (secondary N) is 1. The summed E-state index contributed by atoms with van der Waals surface area (Å²) in [6.07, 6.45) is 4.77. The lowest BCUT2D eigenvalue weighted by molar-refractivity contribution is 0.0724. The van der Waals surface area contributed by atoms with Crippen molar-refractivity contribution in [3.05, 3.63) is 52.9 Å². The Morgan fingerprint density at radius 1 is 1.17 bits per heavy atom. The lowest BCUT2D eigenvalue weighted by Gasteiger charge is -2.26. The molecule has 4 nitrogen and oxygen atoms in total. The summed E-state index contributed by atoms with van der Waals surface area (Å²) in [5, 5.41) is 3.37. The van der Waals surface area contributed by atoms with E-state index in [0.717, 1.165) is 25.9 Å². The maximum absolute atomic E-state index is 12.9. The highest BCUT2D eigenvalue weighted by Gasteiger charge is 2.19. The highest BCUT2D eigenvalue weighted by Crippen LogP contribution is 2.25. The first-order valence-electron chi connectivity index (χ1n) is 7.61. The Labute approximate surface area is 139 Å². The van der Waals surface area contributed by atoms with Gasteiger partial charge in [-0.3, -0.25) is 4.79 Å². The molecule has 1 amide bonds. The quantitative estimate of drug-likeness (QED) is 0.913. The van der Waals surface area contributed by atoms with Gasteiger partial charge < -0.3 is 10.2 Å². The second-order valence-electron chi connectivity index (χ2n) is 5.54. The van der Waals surface area contributed by atoms with Gasteiger partial charge in [-0.1, -0.05) is 11.6 Å². The van der Waals surface area contributed by atoms with Crippen LogP contribution in [-0.2, 0) is 0 Å². The molecule has 0 bridgehead atoms. The van der Waals surface area contributed by atoms with Gasteiger partial charge in [-0.05, 0) is 49.6 Å². The van der Waals surface area contributed by atoms with Crippen molar-refractivity contribution in [3.63, 3.8) is 0 Å². The van der Waals surface area contributed by atoms with Crippen molar-refractivity contribution in [1.82, 2.24) is 9.88 Å². The average molecular weight is 334 g/mol. The minimum Gasteiger partial charge on any atom is -0.339 e. The van der Waals surface area contributed by atoms with Crippen LogP contribution in [0.2, 0.25) is 5.02 Å². The molecule has 0 radical (unpaired) electrons. The van der Waals surface area contributed by atoms with Gasteiger partial charge in [0.15, 0.2) is 0 Å². The van der Waals surface area contributed by atoms with Gasteiger partial charge in [-0.15, -0.1) is 0 Å². The fourth-order valence-electron chi connectivity index (χ4n) is 2.60. The average Bonchev–Trinajstić information content (AvgIpc) is 2.59. The number of pyridine rings is 1.